The number of pyridine rings is 1. The van der Waals surface area contributed by atoms with E-state index in [2.05, 4.69) is 20.3 Å². The minimum Gasteiger partial charge on any atom is -0.336 e. The zero-order chi connectivity index (χ0) is 21.6. The van der Waals surface area contributed by atoms with Crippen LogP contribution in [0.5, 0.6) is 0 Å². The Morgan fingerprint density at radius 3 is 2.42 bits per heavy atom. The van der Waals surface area contributed by atoms with E-state index in [1.807, 2.05) is 60.4 Å². The maximum Gasteiger partial charge on any atom is 0.257 e. The molecular weight excluding hydrogens is 392 g/mol. The van der Waals surface area contributed by atoms with Gasteiger partial charge in [-0.05, 0) is 30.7 Å². The van der Waals surface area contributed by atoms with Crippen LogP contribution in [-0.4, -0.2) is 69.1 Å². The van der Waals surface area contributed by atoms with Gasteiger partial charge in [0.25, 0.3) is 5.91 Å². The molecule has 3 aromatic rings. The summed E-state index contributed by atoms with van der Waals surface area (Å²) in [4.78, 5) is 33.7. The van der Waals surface area contributed by atoms with Crippen molar-refractivity contribution in [2.24, 2.45) is 0 Å². The Morgan fingerprint density at radius 1 is 1.00 bits per heavy atom. The number of nitrogens with one attached hydrogen (secondary N) is 1. The summed E-state index contributed by atoms with van der Waals surface area (Å²) in [6, 6.07) is 15.1. The normalized spacial score (nSPS) is 14.4. The summed E-state index contributed by atoms with van der Waals surface area (Å²) in [5.41, 5.74) is 2.26. The van der Waals surface area contributed by atoms with Gasteiger partial charge in [0.2, 0.25) is 5.91 Å². The average Bonchev–Trinajstić information content (AvgIpc) is 3.24. The van der Waals surface area contributed by atoms with E-state index in [0.717, 1.165) is 11.4 Å². The highest BCUT2D eigenvalue weighted by atomic mass is 16.2. The van der Waals surface area contributed by atoms with Gasteiger partial charge in [0, 0.05) is 38.1 Å². The number of carbonyl (C=O) groups is 2. The first-order valence-corrected chi connectivity index (χ1v) is 10.5. The number of anilines is 1. The number of hydrogen-bond acceptors (Lipinski definition) is 5. The molecule has 1 saturated heterocycles. The molecule has 0 spiro atoms. The quantitative estimate of drug-likeness (QED) is 0.664. The van der Waals surface area contributed by atoms with Gasteiger partial charge in [-0.1, -0.05) is 31.2 Å². The number of aromatic nitrogens is 3. The molecular formula is C23H26N6O2. The Labute approximate surface area is 181 Å². The molecule has 1 N–H and O–H groups in total. The molecule has 1 aromatic carbocycles. The predicted molar refractivity (Wildman–Crippen MR) is 118 cm³/mol. The van der Waals surface area contributed by atoms with Gasteiger partial charge in [-0.25, -0.2) is 9.67 Å². The van der Waals surface area contributed by atoms with Crippen molar-refractivity contribution in [3.8, 4) is 5.82 Å². The summed E-state index contributed by atoms with van der Waals surface area (Å²) in [5.74, 6) is 0.635. The van der Waals surface area contributed by atoms with Crippen LogP contribution in [0.4, 0.5) is 5.69 Å². The smallest absolute Gasteiger partial charge is 0.257 e. The van der Waals surface area contributed by atoms with E-state index in [1.165, 1.54) is 0 Å². The molecule has 4 rings (SSSR count). The number of hydrogen-bond donors (Lipinski definition) is 1. The summed E-state index contributed by atoms with van der Waals surface area (Å²) < 4.78 is 1.73. The summed E-state index contributed by atoms with van der Waals surface area (Å²) in [6.07, 6.45) is 4.03. The highest BCUT2D eigenvalue weighted by molar-refractivity contribution is 5.95. The molecule has 31 heavy (non-hydrogen) atoms. The molecule has 0 radical (unpaired) electrons. The molecule has 1 fully saturated rings. The first-order valence-electron chi connectivity index (χ1n) is 10.5. The summed E-state index contributed by atoms with van der Waals surface area (Å²) in [6.45, 7) is 4.80. The summed E-state index contributed by atoms with van der Waals surface area (Å²) in [7, 11) is 0. The predicted octanol–water partition coefficient (Wildman–Crippen LogP) is 2.23. The van der Waals surface area contributed by atoms with Crippen LogP contribution in [0.3, 0.4) is 0 Å². The first kappa shape index (κ1) is 20.7. The Balaban J connectivity index is 1.35. The lowest BCUT2D eigenvalue weighted by atomic mass is 10.1. The third kappa shape index (κ3) is 4.80. The second kappa shape index (κ2) is 9.53. The number of carbonyl (C=O) groups excluding carboxylic acids is 2. The van der Waals surface area contributed by atoms with Gasteiger partial charge >= 0.3 is 0 Å². The molecule has 8 heteroatoms. The van der Waals surface area contributed by atoms with E-state index in [9.17, 15) is 9.59 Å². The largest absolute Gasteiger partial charge is 0.336 e. The van der Waals surface area contributed by atoms with Crippen LogP contribution in [0.15, 0.2) is 60.9 Å². The minimum atomic E-state index is -0.0455. The molecule has 0 aliphatic carbocycles. The lowest BCUT2D eigenvalue weighted by Gasteiger charge is -2.34. The van der Waals surface area contributed by atoms with Gasteiger partial charge in [0.15, 0.2) is 5.82 Å². The third-order valence-electron chi connectivity index (χ3n) is 5.38. The number of piperazine rings is 1. The summed E-state index contributed by atoms with van der Waals surface area (Å²) >= 11 is 0. The van der Waals surface area contributed by atoms with Gasteiger partial charge in [-0.2, -0.15) is 5.10 Å². The van der Waals surface area contributed by atoms with E-state index < -0.39 is 0 Å². The van der Waals surface area contributed by atoms with Gasteiger partial charge in [0.05, 0.1) is 24.0 Å². The molecule has 0 unspecified atom stereocenters. The molecule has 160 valence electrons. The number of rotatable bonds is 6. The fraction of sp³-hybridized carbons (Fsp3) is 0.304. The molecule has 0 bridgehead atoms. The Bertz CT molecular complexity index is 1030. The first-order chi connectivity index (χ1) is 15.2. The Morgan fingerprint density at radius 2 is 1.74 bits per heavy atom. The summed E-state index contributed by atoms with van der Waals surface area (Å²) in [5, 5.41) is 7.31. The van der Waals surface area contributed by atoms with Gasteiger partial charge in [0.1, 0.15) is 0 Å². The monoisotopic (exact) mass is 418 g/mol. The standard InChI is InChI=1S/C23H26N6O2/c1-2-20-19(16-25-29(20)21-10-6-7-11-24-21)23(31)28-14-12-27(13-15-28)17-22(30)26-18-8-4-3-5-9-18/h3-11,16H,2,12-15,17H2,1H3,(H,26,30). The van der Waals surface area contributed by atoms with Crippen LogP contribution in [-0.2, 0) is 11.2 Å². The van der Waals surface area contributed by atoms with Gasteiger partial charge < -0.3 is 10.2 Å². The van der Waals surface area contributed by atoms with Crippen molar-refractivity contribution in [1.29, 1.82) is 0 Å². The van der Waals surface area contributed by atoms with Crippen molar-refractivity contribution >= 4 is 17.5 Å². The zero-order valence-corrected chi connectivity index (χ0v) is 17.6. The van der Waals surface area contributed by atoms with Crippen molar-refractivity contribution in [3.05, 3.63) is 72.2 Å². The van der Waals surface area contributed by atoms with Gasteiger partial charge in [-0.15, -0.1) is 0 Å². The maximum absolute atomic E-state index is 13.1. The van der Waals surface area contributed by atoms with E-state index in [4.69, 9.17) is 0 Å². The molecule has 0 saturated carbocycles. The third-order valence-corrected chi connectivity index (χ3v) is 5.38. The molecule has 1 aliphatic rings. The van der Waals surface area contributed by atoms with Crippen molar-refractivity contribution in [1.82, 2.24) is 24.6 Å². The lowest BCUT2D eigenvalue weighted by molar-refractivity contribution is -0.117. The molecule has 1 aliphatic heterocycles. The Kier molecular flexibility index (Phi) is 6.37. The van der Waals surface area contributed by atoms with Crippen molar-refractivity contribution in [3.63, 3.8) is 0 Å². The van der Waals surface area contributed by atoms with Crippen LogP contribution in [0, 0.1) is 0 Å². The zero-order valence-electron chi connectivity index (χ0n) is 17.6. The van der Waals surface area contributed by atoms with Crippen LogP contribution < -0.4 is 5.32 Å². The van der Waals surface area contributed by atoms with E-state index >= 15 is 0 Å². The number of para-hydroxylation sites is 1. The lowest BCUT2D eigenvalue weighted by Crippen LogP contribution is -2.50. The number of amides is 2. The Hall–Kier alpha value is -3.52. The average molecular weight is 419 g/mol. The topological polar surface area (TPSA) is 83.4 Å². The van der Waals surface area contributed by atoms with E-state index in [-0.39, 0.29) is 11.8 Å². The second-order valence-electron chi connectivity index (χ2n) is 7.44. The van der Waals surface area contributed by atoms with Crippen molar-refractivity contribution in [2.45, 2.75) is 13.3 Å². The molecule has 3 heterocycles. The highest BCUT2D eigenvalue weighted by Gasteiger charge is 2.26. The van der Waals surface area contributed by atoms with E-state index in [1.54, 1.807) is 17.1 Å². The van der Waals surface area contributed by atoms with E-state index in [0.29, 0.717) is 50.5 Å². The van der Waals surface area contributed by atoms with Crippen LogP contribution in [0.1, 0.15) is 23.0 Å². The molecule has 2 amide bonds. The van der Waals surface area contributed by atoms with Crippen LogP contribution in [0.2, 0.25) is 0 Å². The fourth-order valence-corrected chi connectivity index (χ4v) is 3.77. The molecule has 8 nitrogen and oxygen atoms in total. The second-order valence-corrected chi connectivity index (χ2v) is 7.44. The molecule has 2 aromatic heterocycles. The number of benzene rings is 1. The highest BCUT2D eigenvalue weighted by Crippen LogP contribution is 2.17. The van der Waals surface area contributed by atoms with Crippen molar-refractivity contribution < 1.29 is 9.59 Å². The molecule has 0 atom stereocenters. The van der Waals surface area contributed by atoms with Crippen molar-refractivity contribution in [2.75, 3.05) is 38.0 Å². The fourth-order valence-electron chi connectivity index (χ4n) is 3.77. The van der Waals surface area contributed by atoms with Crippen LogP contribution in [0.25, 0.3) is 5.82 Å². The SMILES string of the molecule is CCc1c(C(=O)N2CCN(CC(=O)Nc3ccccc3)CC2)cnn1-c1ccccn1. The number of nitrogens with zero attached hydrogens (tertiary/aromatic N) is 5. The van der Waals surface area contributed by atoms with Crippen LogP contribution >= 0.6 is 0 Å². The van der Waals surface area contributed by atoms with Gasteiger partial charge in [-0.3, -0.25) is 14.5 Å². The minimum absolute atomic E-state index is 0.0209. The maximum atomic E-state index is 13.1.